The largest absolute Gasteiger partial charge is 0.320 e. The van der Waals surface area contributed by atoms with Crippen molar-refractivity contribution in [2.24, 2.45) is 5.73 Å². The molecule has 0 aliphatic rings. The minimum atomic E-state index is -0.423. The Hall–Kier alpha value is -1.33. The summed E-state index contributed by atoms with van der Waals surface area (Å²) in [4.78, 5) is 9.67. The van der Waals surface area contributed by atoms with Crippen LogP contribution in [0.1, 0.15) is 30.2 Å². The van der Waals surface area contributed by atoms with Crippen molar-refractivity contribution in [3.05, 3.63) is 34.0 Å². The van der Waals surface area contributed by atoms with Gasteiger partial charge in [-0.3, -0.25) is 4.98 Å². The van der Waals surface area contributed by atoms with Gasteiger partial charge in [0, 0.05) is 4.88 Å². The zero-order valence-electron chi connectivity index (χ0n) is 10.7. The van der Waals surface area contributed by atoms with E-state index in [1.165, 1.54) is 12.3 Å². The number of hydrogen-bond acceptors (Lipinski definition) is 4. The van der Waals surface area contributed by atoms with Crippen molar-refractivity contribution >= 4 is 11.3 Å². The second kappa shape index (κ2) is 4.74. The molecule has 0 spiro atoms. The van der Waals surface area contributed by atoms with Crippen LogP contribution in [0.2, 0.25) is 0 Å². The van der Waals surface area contributed by atoms with Crippen LogP contribution in [0.5, 0.6) is 0 Å². The fourth-order valence-corrected chi connectivity index (χ4v) is 2.60. The molecule has 0 aliphatic carbocycles. The third-order valence-corrected chi connectivity index (χ3v) is 4.24. The molecular formula is C13H16FN3S. The van der Waals surface area contributed by atoms with E-state index in [2.05, 4.69) is 9.97 Å². The molecule has 2 rings (SSSR count). The number of rotatable bonds is 3. The van der Waals surface area contributed by atoms with Gasteiger partial charge < -0.3 is 5.73 Å². The maximum atomic E-state index is 12.9. The van der Waals surface area contributed by atoms with Gasteiger partial charge in [-0.2, -0.15) is 0 Å². The monoisotopic (exact) mass is 265 g/mol. The lowest BCUT2D eigenvalue weighted by atomic mass is 10.0. The quantitative estimate of drug-likeness (QED) is 0.927. The SMILES string of the molecule is CCC(C)(N)c1nc(-c2ccc(F)cn2)c(C)s1. The zero-order valence-corrected chi connectivity index (χ0v) is 11.5. The first kappa shape index (κ1) is 13.1. The summed E-state index contributed by atoms with van der Waals surface area (Å²) < 4.78 is 12.9. The fraction of sp³-hybridized carbons (Fsp3) is 0.385. The molecular weight excluding hydrogens is 249 g/mol. The van der Waals surface area contributed by atoms with Crippen LogP contribution >= 0.6 is 11.3 Å². The first-order valence-electron chi connectivity index (χ1n) is 5.82. The Balaban J connectivity index is 2.44. The van der Waals surface area contributed by atoms with Crippen LogP contribution in [0.3, 0.4) is 0 Å². The summed E-state index contributed by atoms with van der Waals surface area (Å²) in [7, 11) is 0. The zero-order chi connectivity index (χ0) is 13.3. The Labute approximate surface area is 110 Å². The summed E-state index contributed by atoms with van der Waals surface area (Å²) >= 11 is 1.58. The van der Waals surface area contributed by atoms with E-state index in [1.807, 2.05) is 20.8 Å². The van der Waals surface area contributed by atoms with E-state index in [1.54, 1.807) is 17.4 Å². The highest BCUT2D eigenvalue weighted by Gasteiger charge is 2.24. The third kappa shape index (κ3) is 2.42. The van der Waals surface area contributed by atoms with Crippen molar-refractivity contribution in [2.75, 3.05) is 0 Å². The minimum absolute atomic E-state index is 0.343. The summed E-state index contributed by atoms with van der Waals surface area (Å²) in [6.45, 7) is 5.98. The molecule has 0 radical (unpaired) electrons. The van der Waals surface area contributed by atoms with Gasteiger partial charge in [-0.15, -0.1) is 11.3 Å². The lowest BCUT2D eigenvalue weighted by Crippen LogP contribution is -2.31. The van der Waals surface area contributed by atoms with E-state index < -0.39 is 5.54 Å². The van der Waals surface area contributed by atoms with Crippen LogP contribution in [-0.2, 0) is 5.54 Å². The van der Waals surface area contributed by atoms with E-state index in [4.69, 9.17) is 5.73 Å². The molecule has 0 saturated heterocycles. The molecule has 96 valence electrons. The number of aromatic nitrogens is 2. The Bertz CT molecular complexity index is 546. The molecule has 2 N–H and O–H groups in total. The summed E-state index contributed by atoms with van der Waals surface area (Å²) in [6.07, 6.45) is 2.02. The summed E-state index contributed by atoms with van der Waals surface area (Å²) in [6, 6.07) is 3.03. The summed E-state index contributed by atoms with van der Waals surface area (Å²) in [5.41, 5.74) is 7.24. The average molecular weight is 265 g/mol. The van der Waals surface area contributed by atoms with Gasteiger partial charge in [0.15, 0.2) is 0 Å². The van der Waals surface area contributed by atoms with Crippen LogP contribution in [0.15, 0.2) is 18.3 Å². The van der Waals surface area contributed by atoms with Gasteiger partial charge in [-0.05, 0) is 32.4 Å². The lowest BCUT2D eigenvalue weighted by Gasteiger charge is -2.18. The van der Waals surface area contributed by atoms with Crippen LogP contribution in [0, 0.1) is 12.7 Å². The molecule has 0 aliphatic heterocycles. The standard InChI is InChI=1S/C13H16FN3S/c1-4-13(3,15)12-17-11(8(2)18-12)10-6-5-9(14)7-16-10/h5-7H,4,15H2,1-3H3. The molecule has 18 heavy (non-hydrogen) atoms. The van der Waals surface area contributed by atoms with E-state index in [-0.39, 0.29) is 5.82 Å². The maximum Gasteiger partial charge on any atom is 0.141 e. The van der Waals surface area contributed by atoms with Crippen molar-refractivity contribution in [1.29, 1.82) is 0 Å². The number of pyridine rings is 1. The molecule has 2 heterocycles. The van der Waals surface area contributed by atoms with E-state index in [0.717, 1.165) is 22.0 Å². The first-order chi connectivity index (χ1) is 8.44. The predicted octanol–water partition coefficient (Wildman–Crippen LogP) is 3.24. The second-order valence-electron chi connectivity index (χ2n) is 4.56. The molecule has 0 fully saturated rings. The molecule has 0 bridgehead atoms. The Morgan fingerprint density at radius 2 is 2.17 bits per heavy atom. The molecule has 0 saturated carbocycles. The molecule has 1 unspecified atom stereocenters. The fourth-order valence-electron chi connectivity index (χ4n) is 1.55. The van der Waals surface area contributed by atoms with E-state index in [9.17, 15) is 4.39 Å². The van der Waals surface area contributed by atoms with Crippen molar-refractivity contribution in [2.45, 2.75) is 32.7 Å². The van der Waals surface area contributed by atoms with Crippen molar-refractivity contribution in [3.8, 4) is 11.4 Å². The molecule has 2 aromatic rings. The number of hydrogen-bond donors (Lipinski definition) is 1. The molecule has 0 aromatic carbocycles. The highest BCUT2D eigenvalue weighted by Crippen LogP contribution is 2.32. The number of thiazole rings is 1. The van der Waals surface area contributed by atoms with E-state index >= 15 is 0 Å². The number of nitrogens with two attached hydrogens (primary N) is 1. The minimum Gasteiger partial charge on any atom is -0.320 e. The van der Waals surface area contributed by atoms with Crippen LogP contribution in [0.4, 0.5) is 4.39 Å². The molecule has 2 aromatic heterocycles. The Kier molecular flexibility index (Phi) is 3.45. The highest BCUT2D eigenvalue weighted by molar-refractivity contribution is 7.12. The smallest absolute Gasteiger partial charge is 0.141 e. The lowest BCUT2D eigenvalue weighted by molar-refractivity contribution is 0.474. The van der Waals surface area contributed by atoms with Gasteiger partial charge in [-0.1, -0.05) is 6.92 Å². The number of aryl methyl sites for hydroxylation is 1. The molecule has 5 heteroatoms. The van der Waals surface area contributed by atoms with Crippen molar-refractivity contribution in [3.63, 3.8) is 0 Å². The van der Waals surface area contributed by atoms with Crippen LogP contribution in [0.25, 0.3) is 11.4 Å². The maximum absolute atomic E-state index is 12.9. The van der Waals surface area contributed by atoms with Gasteiger partial charge in [0.2, 0.25) is 0 Å². The number of halogens is 1. The Morgan fingerprint density at radius 1 is 1.44 bits per heavy atom. The van der Waals surface area contributed by atoms with E-state index in [0.29, 0.717) is 5.69 Å². The average Bonchev–Trinajstić information content (AvgIpc) is 2.73. The first-order valence-corrected chi connectivity index (χ1v) is 6.64. The predicted molar refractivity (Wildman–Crippen MR) is 71.9 cm³/mol. The van der Waals surface area contributed by atoms with Gasteiger partial charge >= 0.3 is 0 Å². The normalized spacial score (nSPS) is 14.5. The third-order valence-electron chi connectivity index (χ3n) is 2.99. The van der Waals surface area contributed by atoms with Gasteiger partial charge in [-0.25, -0.2) is 9.37 Å². The van der Waals surface area contributed by atoms with Gasteiger partial charge in [0.1, 0.15) is 16.5 Å². The summed E-state index contributed by atoms with van der Waals surface area (Å²) in [5, 5.41) is 0.892. The van der Waals surface area contributed by atoms with Gasteiger partial charge in [0.25, 0.3) is 0 Å². The van der Waals surface area contributed by atoms with Crippen LogP contribution < -0.4 is 5.73 Å². The van der Waals surface area contributed by atoms with Gasteiger partial charge in [0.05, 0.1) is 17.4 Å². The molecule has 0 amide bonds. The van der Waals surface area contributed by atoms with Crippen molar-refractivity contribution < 1.29 is 4.39 Å². The topological polar surface area (TPSA) is 51.8 Å². The Morgan fingerprint density at radius 3 is 2.72 bits per heavy atom. The molecule has 1 atom stereocenters. The second-order valence-corrected chi connectivity index (χ2v) is 5.76. The number of nitrogens with zero attached hydrogens (tertiary/aromatic N) is 2. The van der Waals surface area contributed by atoms with Crippen molar-refractivity contribution in [1.82, 2.24) is 9.97 Å². The molecule has 3 nitrogen and oxygen atoms in total. The van der Waals surface area contributed by atoms with Crippen LogP contribution in [-0.4, -0.2) is 9.97 Å². The summed E-state index contributed by atoms with van der Waals surface area (Å²) in [5.74, 6) is -0.343. The highest BCUT2D eigenvalue weighted by atomic mass is 32.1.